The van der Waals surface area contributed by atoms with Gasteiger partial charge in [0.15, 0.2) is 5.78 Å². The average molecular weight is 414 g/mol. The minimum absolute atomic E-state index is 0.0787. The van der Waals surface area contributed by atoms with Crippen molar-refractivity contribution in [3.05, 3.63) is 77.2 Å². The average Bonchev–Trinajstić information content (AvgIpc) is 3.09. The van der Waals surface area contributed by atoms with Gasteiger partial charge in [0.05, 0.1) is 30.5 Å². The van der Waals surface area contributed by atoms with Gasteiger partial charge in [-0.05, 0) is 36.2 Å². The van der Waals surface area contributed by atoms with Gasteiger partial charge < -0.3 is 9.30 Å². The van der Waals surface area contributed by atoms with E-state index in [2.05, 4.69) is 34.4 Å². The first kappa shape index (κ1) is 19.9. The molecule has 0 amide bonds. The predicted octanol–water partition coefficient (Wildman–Crippen LogP) is 4.37. The molecule has 0 spiro atoms. The van der Waals surface area contributed by atoms with Crippen LogP contribution in [0, 0.1) is 13.8 Å². The lowest BCUT2D eigenvalue weighted by atomic mass is 9.94. The number of carbonyl (C=O) groups excluding carboxylic acids is 1. The number of ketones is 1. The number of hydrogen-bond acceptors (Lipinski definition) is 4. The molecule has 3 heterocycles. The third kappa shape index (κ3) is 3.54. The molecule has 5 nitrogen and oxygen atoms in total. The second-order valence-electron chi connectivity index (χ2n) is 8.26. The first-order valence-electron chi connectivity index (χ1n) is 10.9. The SMILES string of the molecule is Cc1ccc(C(=O)c2c(C)n(CCN3CCOCC3)c3cnccc23)c2ccccc12. The van der Waals surface area contributed by atoms with Crippen LogP contribution in [0.3, 0.4) is 0 Å². The summed E-state index contributed by atoms with van der Waals surface area (Å²) in [4.78, 5) is 20.6. The van der Waals surface area contributed by atoms with E-state index in [1.807, 2.05) is 42.6 Å². The van der Waals surface area contributed by atoms with Gasteiger partial charge >= 0.3 is 0 Å². The van der Waals surface area contributed by atoms with Crippen molar-refractivity contribution in [2.75, 3.05) is 32.8 Å². The maximum absolute atomic E-state index is 13.9. The number of fused-ring (bicyclic) bond motifs is 2. The van der Waals surface area contributed by atoms with E-state index >= 15 is 0 Å². The fraction of sp³-hybridized carbons (Fsp3) is 0.308. The van der Waals surface area contributed by atoms with E-state index in [1.54, 1.807) is 6.20 Å². The van der Waals surface area contributed by atoms with Gasteiger partial charge in [0.2, 0.25) is 0 Å². The molecule has 5 heteroatoms. The first-order valence-corrected chi connectivity index (χ1v) is 10.9. The predicted molar refractivity (Wildman–Crippen MR) is 124 cm³/mol. The highest BCUT2D eigenvalue weighted by Crippen LogP contribution is 2.31. The zero-order valence-electron chi connectivity index (χ0n) is 18.1. The highest BCUT2D eigenvalue weighted by molar-refractivity contribution is 6.22. The van der Waals surface area contributed by atoms with Crippen molar-refractivity contribution in [1.82, 2.24) is 14.5 Å². The Morgan fingerprint density at radius 2 is 1.74 bits per heavy atom. The topological polar surface area (TPSA) is 47.4 Å². The van der Waals surface area contributed by atoms with Crippen LogP contribution in [-0.4, -0.2) is 53.1 Å². The summed E-state index contributed by atoms with van der Waals surface area (Å²) in [6.07, 6.45) is 3.66. The quantitative estimate of drug-likeness (QED) is 0.456. The zero-order valence-corrected chi connectivity index (χ0v) is 18.1. The van der Waals surface area contributed by atoms with Crippen LogP contribution in [0.4, 0.5) is 0 Å². The molecule has 5 rings (SSSR count). The lowest BCUT2D eigenvalue weighted by Crippen LogP contribution is -2.38. The molecule has 0 N–H and O–H groups in total. The Bertz CT molecular complexity index is 1270. The number of nitrogens with zero attached hydrogens (tertiary/aromatic N) is 3. The molecule has 0 bridgehead atoms. The van der Waals surface area contributed by atoms with E-state index in [0.717, 1.165) is 77.9 Å². The van der Waals surface area contributed by atoms with Gasteiger partial charge in [0, 0.05) is 49.0 Å². The van der Waals surface area contributed by atoms with E-state index in [1.165, 1.54) is 5.56 Å². The van der Waals surface area contributed by atoms with Crippen LogP contribution in [0.5, 0.6) is 0 Å². The number of pyridine rings is 1. The normalized spacial score (nSPS) is 15.0. The number of morpholine rings is 1. The smallest absolute Gasteiger partial charge is 0.196 e. The van der Waals surface area contributed by atoms with Gasteiger partial charge in [-0.3, -0.25) is 14.7 Å². The molecule has 158 valence electrons. The Morgan fingerprint density at radius 3 is 2.55 bits per heavy atom. The summed E-state index contributed by atoms with van der Waals surface area (Å²) in [6.45, 7) is 9.40. The molecule has 0 aliphatic carbocycles. The molecule has 0 radical (unpaired) electrons. The number of aromatic nitrogens is 2. The monoisotopic (exact) mass is 413 g/mol. The Hall–Kier alpha value is -3.02. The molecule has 1 aliphatic rings. The lowest BCUT2D eigenvalue weighted by molar-refractivity contribution is 0.0365. The van der Waals surface area contributed by atoms with Crippen molar-refractivity contribution in [2.45, 2.75) is 20.4 Å². The Morgan fingerprint density at radius 1 is 0.968 bits per heavy atom. The summed E-state index contributed by atoms with van der Waals surface area (Å²) in [5.74, 6) is 0.0787. The molecule has 1 saturated heterocycles. The van der Waals surface area contributed by atoms with Gasteiger partial charge in [-0.1, -0.05) is 36.4 Å². The maximum atomic E-state index is 13.9. The largest absolute Gasteiger partial charge is 0.379 e. The van der Waals surface area contributed by atoms with Crippen molar-refractivity contribution in [2.24, 2.45) is 0 Å². The molecule has 0 atom stereocenters. The van der Waals surface area contributed by atoms with Gasteiger partial charge in [-0.25, -0.2) is 0 Å². The minimum Gasteiger partial charge on any atom is -0.379 e. The molecule has 0 unspecified atom stereocenters. The van der Waals surface area contributed by atoms with Crippen LogP contribution in [0.1, 0.15) is 27.2 Å². The summed E-state index contributed by atoms with van der Waals surface area (Å²) in [6, 6.07) is 14.1. The van der Waals surface area contributed by atoms with Gasteiger partial charge in [-0.2, -0.15) is 0 Å². The molecular weight excluding hydrogens is 386 g/mol. The van der Waals surface area contributed by atoms with Crippen LogP contribution in [0.2, 0.25) is 0 Å². The fourth-order valence-corrected chi connectivity index (χ4v) is 4.75. The van der Waals surface area contributed by atoms with Crippen LogP contribution in [0.15, 0.2) is 54.9 Å². The van der Waals surface area contributed by atoms with Crippen LogP contribution < -0.4 is 0 Å². The summed E-state index contributed by atoms with van der Waals surface area (Å²) in [7, 11) is 0. The second kappa shape index (κ2) is 8.25. The van der Waals surface area contributed by atoms with Crippen molar-refractivity contribution in [3.8, 4) is 0 Å². The molecule has 1 fully saturated rings. The Balaban J connectivity index is 1.58. The molecule has 31 heavy (non-hydrogen) atoms. The minimum atomic E-state index is 0.0787. The molecule has 4 aromatic rings. The van der Waals surface area contributed by atoms with E-state index in [0.29, 0.717) is 0 Å². The summed E-state index contributed by atoms with van der Waals surface area (Å²) < 4.78 is 7.72. The van der Waals surface area contributed by atoms with E-state index < -0.39 is 0 Å². The summed E-state index contributed by atoms with van der Waals surface area (Å²) >= 11 is 0. The van der Waals surface area contributed by atoms with Gasteiger partial charge in [0.25, 0.3) is 0 Å². The zero-order chi connectivity index (χ0) is 21.4. The molecular formula is C26H27N3O2. The molecule has 2 aromatic heterocycles. The van der Waals surface area contributed by atoms with Crippen molar-refractivity contribution >= 4 is 27.5 Å². The fourth-order valence-electron chi connectivity index (χ4n) is 4.75. The van der Waals surface area contributed by atoms with Crippen molar-refractivity contribution in [3.63, 3.8) is 0 Å². The summed E-state index contributed by atoms with van der Waals surface area (Å²) in [5, 5.41) is 3.11. The van der Waals surface area contributed by atoms with Gasteiger partial charge in [-0.15, -0.1) is 0 Å². The molecule has 0 saturated carbocycles. The second-order valence-corrected chi connectivity index (χ2v) is 8.26. The lowest BCUT2D eigenvalue weighted by Gasteiger charge is -2.27. The highest BCUT2D eigenvalue weighted by atomic mass is 16.5. The van der Waals surface area contributed by atoms with E-state index in [-0.39, 0.29) is 5.78 Å². The number of benzene rings is 2. The molecule has 1 aliphatic heterocycles. The number of ether oxygens (including phenoxy) is 1. The van der Waals surface area contributed by atoms with Crippen LogP contribution >= 0.6 is 0 Å². The third-order valence-electron chi connectivity index (χ3n) is 6.48. The number of aryl methyl sites for hydroxylation is 1. The number of rotatable bonds is 5. The van der Waals surface area contributed by atoms with Gasteiger partial charge in [0.1, 0.15) is 0 Å². The standard InChI is InChI=1S/C26H27N3O2/c1-18-7-8-22(21-6-4-3-5-20(18)21)26(30)25-19(2)29(24-17-27-10-9-23(24)25)12-11-28-13-15-31-16-14-28/h3-10,17H,11-16H2,1-2H3. The first-order chi connectivity index (χ1) is 15.1. The van der Waals surface area contributed by atoms with Crippen LogP contribution in [-0.2, 0) is 11.3 Å². The van der Waals surface area contributed by atoms with Crippen molar-refractivity contribution in [1.29, 1.82) is 0 Å². The van der Waals surface area contributed by atoms with Crippen LogP contribution in [0.25, 0.3) is 21.7 Å². The highest BCUT2D eigenvalue weighted by Gasteiger charge is 2.23. The summed E-state index contributed by atoms with van der Waals surface area (Å²) in [5.41, 5.74) is 4.75. The van der Waals surface area contributed by atoms with E-state index in [4.69, 9.17) is 4.74 Å². The van der Waals surface area contributed by atoms with E-state index in [9.17, 15) is 4.79 Å². The number of carbonyl (C=O) groups is 1. The Kier molecular flexibility index (Phi) is 5.30. The number of hydrogen-bond donors (Lipinski definition) is 0. The third-order valence-corrected chi connectivity index (χ3v) is 6.48. The van der Waals surface area contributed by atoms with Crippen molar-refractivity contribution < 1.29 is 9.53 Å². The molecule has 2 aromatic carbocycles. The Labute approximate surface area is 182 Å². The maximum Gasteiger partial charge on any atom is 0.196 e.